The largest absolute Gasteiger partial charge is 0.349 e. The first-order valence-corrected chi connectivity index (χ1v) is 8.20. The number of aryl methyl sites for hydroxylation is 1. The summed E-state index contributed by atoms with van der Waals surface area (Å²) in [5.74, 6) is -0.191. The standard InChI is InChI=1S/C17H26N4O3/c1-17(2,3)19-16(24)21-9-7-13(8-10-21)18-15(23)12-5-6-14(22)20(4)11-12/h5-6,11,13H,7-10H2,1-4H3,(H,18,23)(H,19,24). The van der Waals surface area contributed by atoms with E-state index in [1.54, 1.807) is 11.9 Å². The molecule has 3 amide bonds. The van der Waals surface area contributed by atoms with E-state index in [-0.39, 0.29) is 29.1 Å². The van der Waals surface area contributed by atoms with E-state index in [4.69, 9.17) is 0 Å². The number of amides is 3. The zero-order valence-corrected chi connectivity index (χ0v) is 14.8. The molecule has 132 valence electrons. The highest BCUT2D eigenvalue weighted by Gasteiger charge is 2.26. The quantitative estimate of drug-likeness (QED) is 0.849. The molecule has 1 fully saturated rings. The van der Waals surface area contributed by atoms with Crippen LogP contribution in [0.25, 0.3) is 0 Å². The first-order chi connectivity index (χ1) is 11.2. The van der Waals surface area contributed by atoms with E-state index in [1.165, 1.54) is 22.9 Å². The molecule has 24 heavy (non-hydrogen) atoms. The van der Waals surface area contributed by atoms with Gasteiger partial charge in [-0.1, -0.05) is 0 Å². The van der Waals surface area contributed by atoms with Crippen molar-refractivity contribution in [3.8, 4) is 0 Å². The van der Waals surface area contributed by atoms with Crippen LogP contribution in [0.5, 0.6) is 0 Å². The average molecular weight is 334 g/mol. The van der Waals surface area contributed by atoms with Crippen LogP contribution in [0.15, 0.2) is 23.1 Å². The summed E-state index contributed by atoms with van der Waals surface area (Å²) in [4.78, 5) is 37.5. The van der Waals surface area contributed by atoms with Crippen molar-refractivity contribution in [1.82, 2.24) is 20.1 Å². The number of urea groups is 1. The van der Waals surface area contributed by atoms with Crippen LogP contribution in [-0.4, -0.2) is 46.1 Å². The van der Waals surface area contributed by atoms with Crippen molar-refractivity contribution < 1.29 is 9.59 Å². The van der Waals surface area contributed by atoms with Crippen molar-refractivity contribution in [2.75, 3.05) is 13.1 Å². The second kappa shape index (κ2) is 7.07. The number of pyridine rings is 1. The first kappa shape index (κ1) is 18.0. The Hall–Kier alpha value is -2.31. The Morgan fingerprint density at radius 3 is 2.33 bits per heavy atom. The van der Waals surface area contributed by atoms with Crippen molar-refractivity contribution in [2.45, 2.75) is 45.2 Å². The van der Waals surface area contributed by atoms with Gasteiger partial charge in [0.1, 0.15) is 0 Å². The highest BCUT2D eigenvalue weighted by molar-refractivity contribution is 5.94. The Labute approximate surface area is 142 Å². The lowest BCUT2D eigenvalue weighted by Gasteiger charge is -2.34. The van der Waals surface area contributed by atoms with Gasteiger partial charge in [-0.25, -0.2) is 4.79 Å². The van der Waals surface area contributed by atoms with E-state index < -0.39 is 0 Å². The number of piperidine rings is 1. The molecule has 2 rings (SSSR count). The Bertz CT molecular complexity index is 667. The summed E-state index contributed by atoms with van der Waals surface area (Å²) in [6.45, 7) is 7.07. The summed E-state index contributed by atoms with van der Waals surface area (Å²) in [6, 6.07) is 2.89. The molecule has 2 N–H and O–H groups in total. The van der Waals surface area contributed by atoms with Crippen molar-refractivity contribution in [1.29, 1.82) is 0 Å². The molecule has 1 saturated heterocycles. The second-order valence-electron chi connectivity index (χ2n) is 7.28. The van der Waals surface area contributed by atoms with Crippen LogP contribution in [-0.2, 0) is 7.05 Å². The maximum atomic E-state index is 12.3. The van der Waals surface area contributed by atoms with E-state index in [9.17, 15) is 14.4 Å². The second-order valence-corrected chi connectivity index (χ2v) is 7.28. The molecule has 0 saturated carbocycles. The number of aromatic nitrogens is 1. The monoisotopic (exact) mass is 334 g/mol. The summed E-state index contributed by atoms with van der Waals surface area (Å²) in [5, 5.41) is 5.93. The predicted molar refractivity (Wildman–Crippen MR) is 92.0 cm³/mol. The molecule has 1 aliphatic heterocycles. The highest BCUT2D eigenvalue weighted by atomic mass is 16.2. The molecule has 1 aliphatic rings. The lowest BCUT2D eigenvalue weighted by atomic mass is 10.0. The molecule has 7 nitrogen and oxygen atoms in total. The fraction of sp³-hybridized carbons (Fsp3) is 0.588. The first-order valence-electron chi connectivity index (χ1n) is 8.20. The molecule has 0 atom stereocenters. The molecule has 0 unspecified atom stereocenters. The minimum absolute atomic E-state index is 0.0356. The summed E-state index contributed by atoms with van der Waals surface area (Å²) in [5.41, 5.74) is 0.0560. The SMILES string of the molecule is Cn1cc(C(=O)NC2CCN(C(=O)NC(C)(C)C)CC2)ccc1=O. The van der Waals surface area contributed by atoms with Crippen LogP contribution in [0.4, 0.5) is 4.79 Å². The van der Waals surface area contributed by atoms with Gasteiger partial charge in [0, 0.05) is 44.0 Å². The third-order valence-corrected chi connectivity index (χ3v) is 3.95. The molecule has 0 radical (unpaired) electrons. The third kappa shape index (κ3) is 4.84. The van der Waals surface area contributed by atoms with Crippen LogP contribution in [0.3, 0.4) is 0 Å². The normalized spacial score (nSPS) is 15.9. The minimum atomic E-state index is -0.259. The molecule has 2 heterocycles. The molecule has 1 aromatic rings. The van der Waals surface area contributed by atoms with Crippen molar-refractivity contribution in [2.24, 2.45) is 7.05 Å². The molecular weight excluding hydrogens is 308 g/mol. The van der Waals surface area contributed by atoms with Gasteiger partial charge in [-0.3, -0.25) is 9.59 Å². The van der Waals surface area contributed by atoms with Crippen molar-refractivity contribution >= 4 is 11.9 Å². The molecule has 0 aliphatic carbocycles. The predicted octanol–water partition coefficient (Wildman–Crippen LogP) is 1.09. The number of carbonyl (C=O) groups is 2. The van der Waals surface area contributed by atoms with Gasteiger partial charge in [0.15, 0.2) is 0 Å². The zero-order valence-electron chi connectivity index (χ0n) is 14.8. The Balaban J connectivity index is 1.86. The summed E-state index contributed by atoms with van der Waals surface area (Å²) in [7, 11) is 1.62. The maximum absolute atomic E-state index is 12.3. The molecular formula is C17H26N4O3. The van der Waals surface area contributed by atoms with Gasteiger partial charge in [0.2, 0.25) is 5.56 Å². The Kier molecular flexibility index (Phi) is 5.31. The molecule has 0 spiro atoms. The van der Waals surface area contributed by atoms with Crippen molar-refractivity contribution in [3.05, 3.63) is 34.2 Å². The average Bonchev–Trinajstić information content (AvgIpc) is 2.49. The number of likely N-dealkylation sites (tertiary alicyclic amines) is 1. The number of hydrogen-bond donors (Lipinski definition) is 2. The molecule has 0 bridgehead atoms. The number of rotatable bonds is 2. The number of hydrogen-bond acceptors (Lipinski definition) is 3. The smallest absolute Gasteiger partial charge is 0.317 e. The zero-order chi connectivity index (χ0) is 17.9. The van der Waals surface area contributed by atoms with Gasteiger partial charge in [-0.2, -0.15) is 0 Å². The van der Waals surface area contributed by atoms with E-state index in [2.05, 4.69) is 10.6 Å². The van der Waals surface area contributed by atoms with Gasteiger partial charge >= 0.3 is 6.03 Å². The van der Waals surface area contributed by atoms with E-state index in [1.807, 2.05) is 20.8 Å². The summed E-state index contributed by atoms with van der Waals surface area (Å²) < 4.78 is 1.38. The topological polar surface area (TPSA) is 83.4 Å². The Morgan fingerprint density at radius 2 is 1.79 bits per heavy atom. The summed E-state index contributed by atoms with van der Waals surface area (Å²) >= 11 is 0. The van der Waals surface area contributed by atoms with Gasteiger partial charge in [0.05, 0.1) is 5.56 Å². The van der Waals surface area contributed by atoms with Crippen LogP contribution >= 0.6 is 0 Å². The van der Waals surface area contributed by atoms with Gasteiger partial charge in [-0.05, 0) is 39.7 Å². The van der Waals surface area contributed by atoms with Crippen LogP contribution < -0.4 is 16.2 Å². The number of carbonyl (C=O) groups excluding carboxylic acids is 2. The van der Waals surface area contributed by atoms with Crippen LogP contribution in [0.2, 0.25) is 0 Å². The van der Waals surface area contributed by atoms with Gasteiger partial charge in [-0.15, -0.1) is 0 Å². The third-order valence-electron chi connectivity index (χ3n) is 3.95. The summed E-state index contributed by atoms with van der Waals surface area (Å²) in [6.07, 6.45) is 2.97. The Morgan fingerprint density at radius 1 is 1.17 bits per heavy atom. The van der Waals surface area contributed by atoms with Crippen molar-refractivity contribution in [3.63, 3.8) is 0 Å². The number of nitrogens with zero attached hydrogens (tertiary/aromatic N) is 2. The van der Waals surface area contributed by atoms with Gasteiger partial charge < -0.3 is 20.1 Å². The highest BCUT2D eigenvalue weighted by Crippen LogP contribution is 2.12. The minimum Gasteiger partial charge on any atom is -0.349 e. The maximum Gasteiger partial charge on any atom is 0.317 e. The van der Waals surface area contributed by atoms with E-state index in [0.717, 1.165) is 12.8 Å². The van der Waals surface area contributed by atoms with E-state index >= 15 is 0 Å². The molecule has 0 aromatic carbocycles. The van der Waals surface area contributed by atoms with Crippen LogP contribution in [0.1, 0.15) is 44.0 Å². The van der Waals surface area contributed by atoms with Gasteiger partial charge in [0.25, 0.3) is 5.91 Å². The van der Waals surface area contributed by atoms with E-state index in [0.29, 0.717) is 18.7 Å². The number of nitrogens with one attached hydrogen (secondary N) is 2. The lowest BCUT2D eigenvalue weighted by molar-refractivity contribution is 0.0916. The fourth-order valence-electron chi connectivity index (χ4n) is 2.62. The lowest BCUT2D eigenvalue weighted by Crippen LogP contribution is -2.53. The molecule has 7 heteroatoms. The molecule has 1 aromatic heterocycles. The fourth-order valence-corrected chi connectivity index (χ4v) is 2.62. The van der Waals surface area contributed by atoms with Crippen LogP contribution in [0, 0.1) is 0 Å².